The molecule has 0 saturated carbocycles. The van der Waals surface area contributed by atoms with Crippen molar-refractivity contribution in [2.45, 2.75) is 48.3 Å². The van der Waals surface area contributed by atoms with Crippen LogP contribution in [0.15, 0.2) is 58.3 Å². The molecule has 0 spiro atoms. The van der Waals surface area contributed by atoms with Crippen LogP contribution in [0.3, 0.4) is 0 Å². The SMILES string of the molecule is COc1ccc(S(=O)(=O)N2CCC[C@@H](C(=O)Nc3ccc(S(=O)(=O)N4CCCCCC4)cc3)C2)cc1. The highest BCUT2D eigenvalue weighted by Crippen LogP contribution is 2.27. The lowest BCUT2D eigenvalue weighted by Crippen LogP contribution is -2.43. The van der Waals surface area contributed by atoms with Gasteiger partial charge in [0.2, 0.25) is 26.0 Å². The molecule has 196 valence electrons. The fourth-order valence-corrected chi connectivity index (χ4v) is 7.70. The van der Waals surface area contributed by atoms with Crippen LogP contribution in [0, 0.1) is 5.92 Å². The summed E-state index contributed by atoms with van der Waals surface area (Å²) in [7, 11) is -5.79. The van der Waals surface area contributed by atoms with E-state index >= 15 is 0 Å². The number of sulfonamides is 2. The second-order valence-corrected chi connectivity index (χ2v) is 13.1. The van der Waals surface area contributed by atoms with Gasteiger partial charge in [-0.25, -0.2) is 16.8 Å². The zero-order valence-electron chi connectivity index (χ0n) is 20.4. The van der Waals surface area contributed by atoms with Crippen LogP contribution in [0.4, 0.5) is 5.69 Å². The second-order valence-electron chi connectivity index (χ2n) is 9.21. The molecule has 2 aliphatic rings. The smallest absolute Gasteiger partial charge is 0.243 e. The predicted octanol–water partition coefficient (Wildman–Crippen LogP) is 3.30. The van der Waals surface area contributed by atoms with Crippen LogP contribution >= 0.6 is 0 Å². The molecule has 2 saturated heterocycles. The molecule has 0 aromatic heterocycles. The van der Waals surface area contributed by atoms with E-state index in [1.54, 1.807) is 24.3 Å². The highest BCUT2D eigenvalue weighted by molar-refractivity contribution is 7.89. The van der Waals surface area contributed by atoms with Gasteiger partial charge in [-0.05, 0) is 74.2 Å². The topological polar surface area (TPSA) is 113 Å². The third-order valence-corrected chi connectivity index (χ3v) is 10.6. The minimum Gasteiger partial charge on any atom is -0.497 e. The summed E-state index contributed by atoms with van der Waals surface area (Å²) in [6.45, 7) is 1.49. The van der Waals surface area contributed by atoms with Gasteiger partial charge in [-0.2, -0.15) is 8.61 Å². The number of hydrogen-bond donors (Lipinski definition) is 1. The molecule has 0 bridgehead atoms. The fraction of sp³-hybridized carbons (Fsp3) is 0.480. The Morgan fingerprint density at radius 3 is 1.89 bits per heavy atom. The summed E-state index contributed by atoms with van der Waals surface area (Å²) in [4.78, 5) is 13.3. The summed E-state index contributed by atoms with van der Waals surface area (Å²) in [5, 5.41) is 2.82. The number of carbonyl (C=O) groups excluding carboxylic acids is 1. The fourth-order valence-electron chi connectivity index (χ4n) is 4.66. The van der Waals surface area contributed by atoms with Gasteiger partial charge in [0.15, 0.2) is 0 Å². The molecule has 2 heterocycles. The number of nitrogens with one attached hydrogen (secondary N) is 1. The first-order valence-electron chi connectivity index (χ1n) is 12.3. The zero-order chi connectivity index (χ0) is 25.8. The maximum atomic E-state index is 13.1. The molecular formula is C25H33N3O6S2. The minimum atomic E-state index is -3.74. The monoisotopic (exact) mass is 535 g/mol. The lowest BCUT2D eigenvalue weighted by molar-refractivity contribution is -0.120. The number of ether oxygens (including phenoxy) is 1. The van der Waals surface area contributed by atoms with Crippen molar-refractivity contribution in [3.63, 3.8) is 0 Å². The molecule has 4 rings (SSSR count). The second kappa shape index (κ2) is 11.3. The summed E-state index contributed by atoms with van der Waals surface area (Å²) in [5.41, 5.74) is 0.477. The summed E-state index contributed by atoms with van der Waals surface area (Å²) >= 11 is 0. The van der Waals surface area contributed by atoms with Crippen molar-refractivity contribution >= 4 is 31.6 Å². The van der Waals surface area contributed by atoms with Crippen LogP contribution in [0.5, 0.6) is 5.75 Å². The highest BCUT2D eigenvalue weighted by atomic mass is 32.2. The van der Waals surface area contributed by atoms with E-state index in [-0.39, 0.29) is 22.2 Å². The Labute approximate surface area is 213 Å². The number of carbonyl (C=O) groups is 1. The Morgan fingerprint density at radius 1 is 0.778 bits per heavy atom. The largest absolute Gasteiger partial charge is 0.497 e. The summed E-state index contributed by atoms with van der Waals surface area (Å²) in [5.74, 6) is -0.227. The molecule has 2 aromatic carbocycles. The van der Waals surface area contributed by atoms with E-state index in [1.807, 2.05) is 0 Å². The molecule has 2 fully saturated rings. The van der Waals surface area contributed by atoms with Crippen LogP contribution in [-0.4, -0.2) is 64.6 Å². The van der Waals surface area contributed by atoms with E-state index in [1.165, 1.54) is 40.0 Å². The number of amides is 1. The average Bonchev–Trinajstić information content (AvgIpc) is 3.19. The first-order chi connectivity index (χ1) is 17.2. The van der Waals surface area contributed by atoms with Gasteiger partial charge < -0.3 is 10.1 Å². The van der Waals surface area contributed by atoms with Gasteiger partial charge in [-0.1, -0.05) is 12.8 Å². The molecule has 0 unspecified atom stereocenters. The molecule has 1 N–H and O–H groups in total. The lowest BCUT2D eigenvalue weighted by Gasteiger charge is -2.31. The molecule has 36 heavy (non-hydrogen) atoms. The standard InChI is InChI=1S/C25H33N3O6S2/c1-34-22-10-14-24(15-11-22)36(32,33)28-18-6-7-20(19-28)25(29)26-21-8-12-23(13-9-21)35(30,31)27-16-4-2-3-5-17-27/h8-15,20H,2-7,16-19H2,1H3,(H,26,29)/t20-/m1/s1. The summed E-state index contributed by atoms with van der Waals surface area (Å²) in [6.07, 6.45) is 4.94. The lowest BCUT2D eigenvalue weighted by atomic mass is 9.99. The third-order valence-electron chi connectivity index (χ3n) is 6.78. The minimum absolute atomic E-state index is 0.0849. The molecule has 2 aromatic rings. The average molecular weight is 536 g/mol. The van der Waals surface area contributed by atoms with Crippen molar-refractivity contribution < 1.29 is 26.4 Å². The number of rotatable bonds is 7. The molecule has 9 nitrogen and oxygen atoms in total. The van der Waals surface area contributed by atoms with Crippen molar-refractivity contribution in [2.24, 2.45) is 5.92 Å². The van der Waals surface area contributed by atoms with Crippen molar-refractivity contribution in [1.29, 1.82) is 0 Å². The van der Waals surface area contributed by atoms with Gasteiger partial charge in [0, 0.05) is 31.9 Å². The quantitative estimate of drug-likeness (QED) is 0.582. The Hall–Kier alpha value is -2.47. The van der Waals surface area contributed by atoms with Gasteiger partial charge in [-0.15, -0.1) is 0 Å². The number of piperidine rings is 1. The zero-order valence-corrected chi connectivity index (χ0v) is 22.1. The van der Waals surface area contributed by atoms with Crippen molar-refractivity contribution in [3.8, 4) is 5.75 Å². The number of benzene rings is 2. The van der Waals surface area contributed by atoms with Crippen LogP contribution < -0.4 is 10.1 Å². The predicted molar refractivity (Wildman–Crippen MR) is 137 cm³/mol. The van der Waals surface area contributed by atoms with Crippen molar-refractivity contribution in [3.05, 3.63) is 48.5 Å². The van der Waals surface area contributed by atoms with E-state index in [9.17, 15) is 21.6 Å². The summed E-state index contributed by atoms with van der Waals surface area (Å²) in [6, 6.07) is 12.4. The molecule has 2 aliphatic heterocycles. The van der Waals surface area contributed by atoms with E-state index in [4.69, 9.17) is 4.74 Å². The van der Waals surface area contributed by atoms with Crippen LogP contribution in [0.25, 0.3) is 0 Å². The molecule has 1 atom stereocenters. The van der Waals surface area contributed by atoms with Gasteiger partial charge in [0.05, 0.1) is 22.8 Å². The first-order valence-corrected chi connectivity index (χ1v) is 15.1. The third kappa shape index (κ3) is 5.91. The van der Waals surface area contributed by atoms with Crippen LogP contribution in [0.2, 0.25) is 0 Å². The molecule has 1 amide bonds. The van der Waals surface area contributed by atoms with E-state index in [0.29, 0.717) is 43.9 Å². The van der Waals surface area contributed by atoms with Gasteiger partial charge in [0.1, 0.15) is 5.75 Å². The number of nitrogens with zero attached hydrogens (tertiary/aromatic N) is 2. The van der Waals surface area contributed by atoms with Gasteiger partial charge >= 0.3 is 0 Å². The summed E-state index contributed by atoms with van der Waals surface area (Å²) < 4.78 is 60.1. The van der Waals surface area contributed by atoms with Crippen molar-refractivity contribution in [1.82, 2.24) is 8.61 Å². The Kier molecular flexibility index (Phi) is 8.34. The molecule has 11 heteroatoms. The van der Waals surface area contributed by atoms with Crippen molar-refractivity contribution in [2.75, 3.05) is 38.6 Å². The maximum Gasteiger partial charge on any atom is 0.243 e. The van der Waals surface area contributed by atoms with Crippen LogP contribution in [0.1, 0.15) is 38.5 Å². The normalized spacial score (nSPS) is 20.4. The Balaban J connectivity index is 1.40. The van der Waals surface area contributed by atoms with E-state index in [2.05, 4.69) is 5.32 Å². The first kappa shape index (κ1) is 26.6. The molecular weight excluding hydrogens is 502 g/mol. The van der Waals surface area contributed by atoms with Gasteiger partial charge in [0.25, 0.3) is 0 Å². The number of methoxy groups -OCH3 is 1. The van der Waals surface area contributed by atoms with Gasteiger partial charge in [-0.3, -0.25) is 4.79 Å². The number of hydrogen-bond acceptors (Lipinski definition) is 6. The highest BCUT2D eigenvalue weighted by Gasteiger charge is 2.33. The number of anilines is 1. The van der Waals surface area contributed by atoms with Crippen LogP contribution in [-0.2, 0) is 24.8 Å². The Morgan fingerprint density at radius 2 is 1.31 bits per heavy atom. The molecule has 0 radical (unpaired) electrons. The Bertz CT molecular complexity index is 1250. The van der Waals surface area contributed by atoms with E-state index < -0.39 is 26.0 Å². The van der Waals surface area contributed by atoms with E-state index in [0.717, 1.165) is 25.7 Å². The maximum absolute atomic E-state index is 13.1. The molecule has 0 aliphatic carbocycles.